The van der Waals surface area contributed by atoms with Crippen LogP contribution in [-0.4, -0.2) is 52.7 Å². The summed E-state index contributed by atoms with van der Waals surface area (Å²) in [5, 5.41) is 13.8. The van der Waals surface area contributed by atoms with Crippen LogP contribution in [0.3, 0.4) is 0 Å². The van der Waals surface area contributed by atoms with Gasteiger partial charge in [0.15, 0.2) is 11.5 Å². The third-order valence-electron chi connectivity index (χ3n) is 6.14. The van der Waals surface area contributed by atoms with E-state index in [1.165, 1.54) is 6.26 Å². The Morgan fingerprint density at radius 2 is 1.82 bits per heavy atom. The van der Waals surface area contributed by atoms with Gasteiger partial charge < -0.3 is 14.6 Å². The Kier molecular flexibility index (Phi) is 9.07. The third-order valence-corrected chi connectivity index (χ3v) is 7.17. The standard InChI is InChI=1S/C30H31N3O6S/c1-4-6-24(18-29(34)35)23-8-10-25(11-9-23)39-20-22-7-14-28-31-30(32-33(28)19-22)27-13-12-26(17-21(27)2)38-15-5-16-40(3,36)37/h7-14,17,19,24H,5,15-16,18,20H2,1-3H3,(H,34,35)/t24-/m0/s1. The number of benzene rings is 2. The van der Waals surface area contributed by atoms with Crippen molar-refractivity contribution in [3.8, 4) is 34.7 Å². The Hall–Kier alpha value is -4.36. The maximum atomic E-state index is 11.3. The minimum absolute atomic E-state index is 0.0499. The molecule has 40 heavy (non-hydrogen) atoms. The van der Waals surface area contributed by atoms with E-state index in [-0.39, 0.29) is 18.1 Å². The summed E-state index contributed by atoms with van der Waals surface area (Å²) in [6.45, 7) is 4.30. The first-order valence-electron chi connectivity index (χ1n) is 12.7. The smallest absolute Gasteiger partial charge is 0.304 e. The fraction of sp³-hybridized carbons (Fsp3) is 0.300. The van der Waals surface area contributed by atoms with Gasteiger partial charge in [-0.25, -0.2) is 17.9 Å². The van der Waals surface area contributed by atoms with Crippen molar-refractivity contribution in [2.45, 2.75) is 39.2 Å². The predicted molar refractivity (Wildman–Crippen MR) is 152 cm³/mol. The van der Waals surface area contributed by atoms with E-state index in [1.54, 1.807) is 11.4 Å². The zero-order chi connectivity index (χ0) is 28.7. The Morgan fingerprint density at radius 1 is 1.07 bits per heavy atom. The fourth-order valence-corrected chi connectivity index (χ4v) is 4.82. The van der Waals surface area contributed by atoms with Gasteiger partial charge in [0.25, 0.3) is 0 Å². The number of hydrogen-bond acceptors (Lipinski definition) is 7. The molecule has 2 aromatic carbocycles. The summed E-state index contributed by atoms with van der Waals surface area (Å²) in [7, 11) is -3.00. The second-order valence-electron chi connectivity index (χ2n) is 9.49. The molecule has 0 saturated carbocycles. The van der Waals surface area contributed by atoms with E-state index in [9.17, 15) is 13.2 Å². The topological polar surface area (TPSA) is 120 Å². The van der Waals surface area contributed by atoms with Crippen molar-refractivity contribution < 1.29 is 27.8 Å². The van der Waals surface area contributed by atoms with E-state index in [0.29, 0.717) is 42.6 Å². The third kappa shape index (κ3) is 7.83. The molecule has 2 aromatic heterocycles. The number of sulfone groups is 1. The molecule has 4 aromatic rings. The lowest BCUT2D eigenvalue weighted by Crippen LogP contribution is -2.08. The highest BCUT2D eigenvalue weighted by Gasteiger charge is 2.14. The molecule has 9 nitrogen and oxygen atoms in total. The molecule has 1 atom stereocenters. The van der Waals surface area contributed by atoms with Crippen molar-refractivity contribution in [3.05, 3.63) is 77.5 Å². The van der Waals surface area contributed by atoms with Crippen molar-refractivity contribution in [1.29, 1.82) is 0 Å². The van der Waals surface area contributed by atoms with Crippen LogP contribution in [0.5, 0.6) is 11.5 Å². The van der Waals surface area contributed by atoms with Crippen LogP contribution in [0.4, 0.5) is 0 Å². The summed E-state index contributed by atoms with van der Waals surface area (Å²) in [5.74, 6) is 6.51. The van der Waals surface area contributed by atoms with E-state index >= 15 is 0 Å². The number of aromatic nitrogens is 3. The molecule has 0 bridgehead atoms. The van der Waals surface area contributed by atoms with E-state index in [1.807, 2.05) is 67.7 Å². The normalized spacial score (nSPS) is 12.0. The van der Waals surface area contributed by atoms with Gasteiger partial charge in [-0.15, -0.1) is 11.0 Å². The van der Waals surface area contributed by atoms with Gasteiger partial charge in [-0.1, -0.05) is 24.1 Å². The van der Waals surface area contributed by atoms with Crippen LogP contribution in [0.15, 0.2) is 60.8 Å². The largest absolute Gasteiger partial charge is 0.494 e. The first-order valence-corrected chi connectivity index (χ1v) is 14.8. The van der Waals surface area contributed by atoms with Crippen LogP contribution in [0.2, 0.25) is 0 Å². The van der Waals surface area contributed by atoms with E-state index < -0.39 is 15.8 Å². The molecule has 0 aliphatic heterocycles. The second kappa shape index (κ2) is 12.7. The summed E-state index contributed by atoms with van der Waals surface area (Å²) in [6, 6.07) is 16.8. The van der Waals surface area contributed by atoms with Crippen molar-refractivity contribution in [2.24, 2.45) is 0 Å². The van der Waals surface area contributed by atoms with Crippen LogP contribution in [-0.2, 0) is 21.2 Å². The highest BCUT2D eigenvalue weighted by molar-refractivity contribution is 7.90. The Labute approximate surface area is 233 Å². The molecule has 10 heteroatoms. The molecular weight excluding hydrogens is 530 g/mol. The van der Waals surface area contributed by atoms with Crippen molar-refractivity contribution in [2.75, 3.05) is 18.6 Å². The lowest BCUT2D eigenvalue weighted by Gasteiger charge is -2.11. The van der Waals surface area contributed by atoms with Crippen LogP contribution in [0.1, 0.15) is 42.4 Å². The van der Waals surface area contributed by atoms with Crippen LogP contribution >= 0.6 is 0 Å². The van der Waals surface area contributed by atoms with Crippen LogP contribution in [0, 0.1) is 18.8 Å². The van der Waals surface area contributed by atoms with Gasteiger partial charge in [-0.2, -0.15) is 0 Å². The monoisotopic (exact) mass is 561 g/mol. The minimum Gasteiger partial charge on any atom is -0.494 e. The summed E-state index contributed by atoms with van der Waals surface area (Å²) < 4.78 is 35.9. The maximum absolute atomic E-state index is 11.3. The average molecular weight is 562 g/mol. The number of aliphatic carboxylic acids is 1. The number of pyridine rings is 1. The molecule has 0 spiro atoms. The number of aryl methyl sites for hydroxylation is 1. The first kappa shape index (κ1) is 28.6. The average Bonchev–Trinajstić information content (AvgIpc) is 3.32. The van der Waals surface area contributed by atoms with E-state index in [0.717, 1.165) is 22.3 Å². The summed E-state index contributed by atoms with van der Waals surface area (Å²) in [4.78, 5) is 15.8. The number of nitrogens with zero attached hydrogens (tertiary/aromatic N) is 3. The number of carboxylic acids is 1. The molecular formula is C30H31N3O6S. The van der Waals surface area contributed by atoms with Crippen molar-refractivity contribution in [1.82, 2.24) is 14.6 Å². The molecule has 0 fully saturated rings. The Morgan fingerprint density at radius 3 is 2.50 bits per heavy atom. The zero-order valence-electron chi connectivity index (χ0n) is 22.6. The van der Waals surface area contributed by atoms with E-state index in [4.69, 9.17) is 14.6 Å². The number of fused-ring (bicyclic) bond motifs is 1. The summed E-state index contributed by atoms with van der Waals surface area (Å²) in [5.41, 5.74) is 4.26. The molecule has 2 heterocycles. The van der Waals surface area contributed by atoms with Crippen molar-refractivity contribution >= 4 is 21.5 Å². The molecule has 208 valence electrons. The van der Waals surface area contributed by atoms with Gasteiger partial charge in [0.2, 0.25) is 0 Å². The van der Waals surface area contributed by atoms with Crippen molar-refractivity contribution in [3.63, 3.8) is 0 Å². The molecule has 4 rings (SSSR count). The van der Waals surface area contributed by atoms with Gasteiger partial charge in [0.05, 0.1) is 24.7 Å². The summed E-state index contributed by atoms with van der Waals surface area (Å²) >= 11 is 0. The molecule has 0 unspecified atom stereocenters. The van der Waals surface area contributed by atoms with Crippen LogP contribution in [0.25, 0.3) is 17.0 Å². The van der Waals surface area contributed by atoms with Gasteiger partial charge in [-0.05, 0) is 67.8 Å². The summed E-state index contributed by atoms with van der Waals surface area (Å²) in [6.07, 6.45) is 3.47. The zero-order valence-corrected chi connectivity index (χ0v) is 23.4. The highest BCUT2D eigenvalue weighted by atomic mass is 32.2. The molecule has 1 N–H and O–H groups in total. The SMILES string of the molecule is CC#C[C@@H](CC(=O)O)c1ccc(OCc2ccc3nc(-c4ccc(OCCCS(C)(=O)=O)cc4C)nn3c2)cc1. The Balaban J connectivity index is 1.40. The first-order chi connectivity index (χ1) is 19.1. The second-order valence-corrected chi connectivity index (χ2v) is 11.7. The van der Waals surface area contributed by atoms with Gasteiger partial charge in [0, 0.05) is 23.6 Å². The van der Waals surface area contributed by atoms with Gasteiger partial charge in [-0.3, -0.25) is 4.79 Å². The number of ether oxygens (including phenoxy) is 2. The predicted octanol–water partition coefficient (Wildman–Crippen LogP) is 4.68. The number of rotatable bonds is 12. The molecule has 0 saturated heterocycles. The fourth-order valence-electron chi connectivity index (χ4n) is 4.18. The molecule has 0 aliphatic carbocycles. The number of carboxylic acid groups (broad SMARTS) is 1. The minimum atomic E-state index is -3.00. The number of hydrogen-bond donors (Lipinski definition) is 1. The van der Waals surface area contributed by atoms with Gasteiger partial charge in [0.1, 0.15) is 27.9 Å². The van der Waals surface area contributed by atoms with Crippen LogP contribution < -0.4 is 9.47 Å². The molecule has 0 amide bonds. The molecule has 0 radical (unpaired) electrons. The molecule has 0 aliphatic rings. The lowest BCUT2D eigenvalue weighted by atomic mass is 9.96. The maximum Gasteiger partial charge on any atom is 0.304 e. The number of carbonyl (C=O) groups is 1. The van der Waals surface area contributed by atoms with Gasteiger partial charge >= 0.3 is 5.97 Å². The Bertz CT molecular complexity index is 1670. The lowest BCUT2D eigenvalue weighted by molar-refractivity contribution is -0.137. The quantitative estimate of drug-likeness (QED) is 0.196. The van der Waals surface area contributed by atoms with E-state index in [2.05, 4.69) is 21.9 Å². The highest BCUT2D eigenvalue weighted by Crippen LogP contribution is 2.26.